The molecule has 0 spiro atoms. The van der Waals surface area contributed by atoms with E-state index in [1.807, 2.05) is 43.3 Å². The summed E-state index contributed by atoms with van der Waals surface area (Å²) in [4.78, 5) is 14.5. The number of amides is 1. The molecule has 0 aromatic heterocycles. The largest absolute Gasteiger partial charge is 0.378 e. The van der Waals surface area contributed by atoms with Crippen LogP contribution in [0.15, 0.2) is 83.8 Å². The van der Waals surface area contributed by atoms with Gasteiger partial charge in [-0.1, -0.05) is 36.4 Å². The molecule has 3 rings (SSSR count). The molecule has 3 aromatic rings. The Labute approximate surface area is 171 Å². The number of carbonyl (C=O) groups excluding carboxylic acids is 1. The summed E-state index contributed by atoms with van der Waals surface area (Å²) in [5.74, 6) is -0.335. The molecule has 0 atom stereocenters. The first-order valence-corrected chi connectivity index (χ1v) is 10.6. The lowest BCUT2D eigenvalue weighted by atomic mass is 10.1. The van der Waals surface area contributed by atoms with Gasteiger partial charge in [0.2, 0.25) is 0 Å². The van der Waals surface area contributed by atoms with E-state index in [-0.39, 0.29) is 16.4 Å². The molecule has 2 N–H and O–H groups in total. The average Bonchev–Trinajstić information content (AvgIpc) is 2.73. The van der Waals surface area contributed by atoms with Crippen molar-refractivity contribution in [1.82, 2.24) is 5.32 Å². The van der Waals surface area contributed by atoms with Crippen LogP contribution in [0.1, 0.15) is 15.9 Å². The van der Waals surface area contributed by atoms with Gasteiger partial charge in [0.15, 0.2) is 0 Å². The number of carbonyl (C=O) groups is 1. The molecule has 0 aliphatic heterocycles. The van der Waals surface area contributed by atoms with Crippen molar-refractivity contribution in [3.8, 4) is 0 Å². The van der Waals surface area contributed by atoms with E-state index in [9.17, 15) is 13.2 Å². The fourth-order valence-electron chi connectivity index (χ4n) is 2.72. The summed E-state index contributed by atoms with van der Waals surface area (Å²) in [5.41, 5.74) is 2.77. The Hall–Kier alpha value is -3.32. The lowest BCUT2D eigenvalue weighted by molar-refractivity contribution is 0.0950. The van der Waals surface area contributed by atoms with E-state index in [1.54, 1.807) is 42.5 Å². The third-order valence-electron chi connectivity index (χ3n) is 4.34. The van der Waals surface area contributed by atoms with E-state index >= 15 is 0 Å². The van der Waals surface area contributed by atoms with E-state index in [2.05, 4.69) is 10.0 Å². The summed E-state index contributed by atoms with van der Waals surface area (Å²) >= 11 is 0. The zero-order valence-corrected chi connectivity index (χ0v) is 17.1. The average molecular weight is 410 g/mol. The van der Waals surface area contributed by atoms with Crippen molar-refractivity contribution in [2.75, 3.05) is 23.7 Å². The van der Waals surface area contributed by atoms with Gasteiger partial charge >= 0.3 is 0 Å². The predicted molar refractivity (Wildman–Crippen MR) is 116 cm³/mol. The van der Waals surface area contributed by atoms with Crippen molar-refractivity contribution in [1.29, 1.82) is 0 Å². The minimum absolute atomic E-state index is 0.0318. The Morgan fingerprint density at radius 3 is 2.24 bits per heavy atom. The summed E-state index contributed by atoms with van der Waals surface area (Å²) in [5, 5.41) is 2.82. The normalized spacial score (nSPS) is 11.0. The Balaban J connectivity index is 1.69. The summed E-state index contributed by atoms with van der Waals surface area (Å²) < 4.78 is 27.7. The molecule has 6 nitrogen and oxygen atoms in total. The van der Waals surface area contributed by atoms with Gasteiger partial charge in [-0.25, -0.2) is 8.42 Å². The standard InChI is InChI=1S/C22H23N3O3S/c1-25(2)20-13-11-17(12-14-20)16-23-22(26)18-7-6-10-21(15-18)29(27,28)24-19-8-4-3-5-9-19/h3-15,24H,16H2,1-2H3,(H,23,26). The van der Waals surface area contributed by atoms with Crippen LogP contribution >= 0.6 is 0 Å². The number of anilines is 2. The molecular formula is C22H23N3O3S. The zero-order valence-electron chi connectivity index (χ0n) is 16.3. The van der Waals surface area contributed by atoms with Crippen LogP contribution in [0, 0.1) is 0 Å². The second-order valence-electron chi connectivity index (χ2n) is 6.74. The summed E-state index contributed by atoms with van der Waals surface area (Å²) in [7, 11) is 0.141. The van der Waals surface area contributed by atoms with Crippen molar-refractivity contribution < 1.29 is 13.2 Å². The van der Waals surface area contributed by atoms with Crippen molar-refractivity contribution in [3.63, 3.8) is 0 Å². The molecule has 3 aromatic carbocycles. The molecule has 0 saturated heterocycles. The van der Waals surface area contributed by atoms with E-state index in [4.69, 9.17) is 0 Å². The number of hydrogen-bond donors (Lipinski definition) is 2. The SMILES string of the molecule is CN(C)c1ccc(CNC(=O)c2cccc(S(=O)(=O)Nc3ccccc3)c2)cc1. The zero-order chi connectivity index (χ0) is 20.9. The van der Waals surface area contributed by atoms with Crippen molar-refractivity contribution in [2.45, 2.75) is 11.4 Å². The molecule has 0 aliphatic rings. The Kier molecular flexibility index (Phi) is 6.19. The summed E-state index contributed by atoms with van der Waals surface area (Å²) in [6.45, 7) is 0.353. The molecule has 0 unspecified atom stereocenters. The molecule has 0 fully saturated rings. The van der Waals surface area contributed by atoms with Crippen molar-refractivity contribution >= 4 is 27.3 Å². The molecule has 0 aliphatic carbocycles. The number of rotatable bonds is 7. The summed E-state index contributed by atoms with van der Waals surface area (Å²) in [6, 6.07) is 22.4. The van der Waals surface area contributed by atoms with Gasteiger partial charge in [-0.2, -0.15) is 0 Å². The molecule has 0 radical (unpaired) electrons. The number of benzene rings is 3. The molecule has 0 saturated carbocycles. The molecule has 7 heteroatoms. The second kappa shape index (κ2) is 8.79. The lowest BCUT2D eigenvalue weighted by Gasteiger charge is -2.13. The maximum absolute atomic E-state index is 12.6. The van der Waals surface area contributed by atoms with Crippen LogP contribution in [-0.4, -0.2) is 28.4 Å². The highest BCUT2D eigenvalue weighted by Crippen LogP contribution is 2.17. The number of hydrogen-bond acceptors (Lipinski definition) is 4. The van der Waals surface area contributed by atoms with Crippen LogP contribution in [0.2, 0.25) is 0 Å². The van der Waals surface area contributed by atoms with Crippen LogP contribution < -0.4 is 14.9 Å². The maximum atomic E-state index is 12.6. The van der Waals surface area contributed by atoms with Gasteiger partial charge in [0, 0.05) is 37.6 Å². The first-order valence-electron chi connectivity index (χ1n) is 9.07. The minimum atomic E-state index is -3.78. The van der Waals surface area contributed by atoms with Gasteiger partial charge in [0.1, 0.15) is 0 Å². The molecule has 1 amide bonds. The van der Waals surface area contributed by atoms with Gasteiger partial charge < -0.3 is 10.2 Å². The van der Waals surface area contributed by atoms with E-state index in [1.165, 1.54) is 12.1 Å². The first-order chi connectivity index (χ1) is 13.8. The molecule has 0 bridgehead atoms. The van der Waals surface area contributed by atoms with Crippen molar-refractivity contribution in [2.24, 2.45) is 0 Å². The highest BCUT2D eigenvalue weighted by molar-refractivity contribution is 7.92. The van der Waals surface area contributed by atoms with Gasteiger partial charge in [-0.05, 0) is 48.0 Å². The number of nitrogens with one attached hydrogen (secondary N) is 2. The fraction of sp³-hybridized carbons (Fsp3) is 0.136. The summed E-state index contributed by atoms with van der Waals surface area (Å²) in [6.07, 6.45) is 0. The third-order valence-corrected chi connectivity index (χ3v) is 5.72. The highest BCUT2D eigenvalue weighted by Gasteiger charge is 2.16. The molecular weight excluding hydrogens is 386 g/mol. The van der Waals surface area contributed by atoms with Gasteiger partial charge in [-0.3, -0.25) is 9.52 Å². The minimum Gasteiger partial charge on any atom is -0.378 e. The van der Waals surface area contributed by atoms with Crippen LogP contribution in [0.3, 0.4) is 0 Å². The van der Waals surface area contributed by atoms with Crippen LogP contribution in [-0.2, 0) is 16.6 Å². The molecule has 0 heterocycles. The van der Waals surface area contributed by atoms with Crippen molar-refractivity contribution in [3.05, 3.63) is 90.0 Å². The number of nitrogens with zero attached hydrogens (tertiary/aromatic N) is 1. The van der Waals surface area contributed by atoms with Crippen LogP contribution in [0.5, 0.6) is 0 Å². The second-order valence-corrected chi connectivity index (χ2v) is 8.43. The first kappa shape index (κ1) is 20.4. The van der Waals surface area contributed by atoms with Crippen LogP contribution in [0.25, 0.3) is 0 Å². The smallest absolute Gasteiger partial charge is 0.261 e. The number of sulfonamides is 1. The predicted octanol–water partition coefficient (Wildman–Crippen LogP) is 3.48. The van der Waals surface area contributed by atoms with Crippen LogP contribution in [0.4, 0.5) is 11.4 Å². The van der Waals surface area contributed by atoms with Gasteiger partial charge in [0.25, 0.3) is 15.9 Å². The molecule has 29 heavy (non-hydrogen) atoms. The van der Waals surface area contributed by atoms with E-state index in [0.29, 0.717) is 12.2 Å². The fourth-order valence-corrected chi connectivity index (χ4v) is 3.83. The van der Waals surface area contributed by atoms with E-state index in [0.717, 1.165) is 11.3 Å². The Morgan fingerprint density at radius 2 is 1.59 bits per heavy atom. The van der Waals surface area contributed by atoms with Gasteiger partial charge in [-0.15, -0.1) is 0 Å². The van der Waals surface area contributed by atoms with E-state index < -0.39 is 10.0 Å². The Morgan fingerprint density at radius 1 is 0.897 bits per heavy atom. The third kappa shape index (κ3) is 5.36. The van der Waals surface area contributed by atoms with Gasteiger partial charge in [0.05, 0.1) is 4.90 Å². The maximum Gasteiger partial charge on any atom is 0.261 e. The Bertz CT molecular complexity index is 1080. The quantitative estimate of drug-likeness (QED) is 0.626. The highest BCUT2D eigenvalue weighted by atomic mass is 32.2. The molecule has 150 valence electrons. The topological polar surface area (TPSA) is 78.5 Å². The number of para-hydroxylation sites is 1. The monoisotopic (exact) mass is 409 g/mol. The lowest BCUT2D eigenvalue weighted by Crippen LogP contribution is -2.23.